The molecule has 2 heterocycles. The van der Waals surface area contributed by atoms with Crippen LogP contribution in [0, 0.1) is 0 Å². The molecule has 4 heteroatoms. The zero-order valence-corrected chi connectivity index (χ0v) is 16.8. The lowest BCUT2D eigenvalue weighted by Gasteiger charge is -2.33. The van der Waals surface area contributed by atoms with Crippen molar-refractivity contribution in [2.75, 3.05) is 19.6 Å². The highest BCUT2D eigenvalue weighted by molar-refractivity contribution is 5.87. The molecule has 0 radical (unpaired) electrons. The first-order valence-electron chi connectivity index (χ1n) is 10.9. The fourth-order valence-corrected chi connectivity index (χ4v) is 4.55. The number of hydrogen-bond donors (Lipinski definition) is 1. The number of para-hydroxylation sites is 1. The van der Waals surface area contributed by atoms with Crippen LogP contribution in [0.15, 0.2) is 46.6 Å². The van der Waals surface area contributed by atoms with Gasteiger partial charge in [0.05, 0.1) is 12.7 Å². The van der Waals surface area contributed by atoms with E-state index in [0.717, 1.165) is 49.0 Å². The first-order valence-corrected chi connectivity index (χ1v) is 10.9. The Hall–Kier alpha value is -2.07. The van der Waals surface area contributed by atoms with E-state index in [1.54, 1.807) is 11.8 Å². The molecular formula is C24H32N2O2. The van der Waals surface area contributed by atoms with E-state index in [1.807, 2.05) is 24.3 Å². The van der Waals surface area contributed by atoms with Crippen LogP contribution in [0.25, 0.3) is 11.0 Å². The van der Waals surface area contributed by atoms with E-state index in [-0.39, 0.29) is 5.91 Å². The van der Waals surface area contributed by atoms with Crippen LogP contribution in [0.1, 0.15) is 56.9 Å². The number of carbonyl (C=O) groups is 1. The second kappa shape index (κ2) is 9.42. The Morgan fingerprint density at radius 3 is 2.82 bits per heavy atom. The molecule has 1 N–H and O–H groups in total. The fourth-order valence-electron chi connectivity index (χ4n) is 4.55. The largest absolute Gasteiger partial charge is 0.464 e. The smallest absolute Gasteiger partial charge is 0.224 e. The van der Waals surface area contributed by atoms with E-state index >= 15 is 0 Å². The standard InChI is InChI=1S/C24H32N2O2/c27-24(16-20-18-28-23-11-7-6-10-22(20)23)25-21-12-14-26(15-13-21)17-19-8-4-2-1-3-5-9-19/h6-8,10-11,18,21H,1-5,9,12-17H2,(H,25,27)/b19-8+. The normalized spacial score (nSPS) is 21.6. The zero-order valence-electron chi connectivity index (χ0n) is 16.8. The van der Waals surface area contributed by atoms with Crippen LogP contribution < -0.4 is 5.32 Å². The Balaban J connectivity index is 1.23. The summed E-state index contributed by atoms with van der Waals surface area (Å²) in [5.74, 6) is 0.104. The van der Waals surface area contributed by atoms with Crippen LogP contribution >= 0.6 is 0 Å². The van der Waals surface area contributed by atoms with Gasteiger partial charge in [0, 0.05) is 36.6 Å². The van der Waals surface area contributed by atoms with Crippen LogP contribution in [0.3, 0.4) is 0 Å². The summed E-state index contributed by atoms with van der Waals surface area (Å²) in [6.07, 6.45) is 14.7. The van der Waals surface area contributed by atoms with E-state index in [2.05, 4.69) is 16.3 Å². The van der Waals surface area contributed by atoms with Gasteiger partial charge >= 0.3 is 0 Å². The number of benzene rings is 1. The summed E-state index contributed by atoms with van der Waals surface area (Å²) in [5.41, 5.74) is 3.46. The van der Waals surface area contributed by atoms with Gasteiger partial charge < -0.3 is 9.73 Å². The predicted octanol–water partition coefficient (Wildman–Crippen LogP) is 4.84. The zero-order chi connectivity index (χ0) is 19.2. The van der Waals surface area contributed by atoms with Crippen LogP contribution in [-0.4, -0.2) is 36.5 Å². The Morgan fingerprint density at radius 1 is 1.11 bits per heavy atom. The molecule has 1 aliphatic heterocycles. The molecule has 0 saturated carbocycles. The monoisotopic (exact) mass is 380 g/mol. The van der Waals surface area contributed by atoms with E-state index in [0.29, 0.717) is 12.5 Å². The molecule has 1 aliphatic carbocycles. The second-order valence-electron chi connectivity index (χ2n) is 8.37. The number of amides is 1. The van der Waals surface area contributed by atoms with Gasteiger partial charge in [-0.25, -0.2) is 0 Å². The third kappa shape index (κ3) is 5.05. The maximum atomic E-state index is 12.5. The number of rotatable bonds is 5. The van der Waals surface area contributed by atoms with Crippen molar-refractivity contribution in [3.8, 4) is 0 Å². The molecule has 2 aromatic rings. The van der Waals surface area contributed by atoms with Crippen LogP contribution in [-0.2, 0) is 11.2 Å². The summed E-state index contributed by atoms with van der Waals surface area (Å²) in [6.45, 7) is 3.29. The molecule has 4 nitrogen and oxygen atoms in total. The summed E-state index contributed by atoms with van der Waals surface area (Å²) >= 11 is 0. The number of hydrogen-bond acceptors (Lipinski definition) is 3. The van der Waals surface area contributed by atoms with Crippen molar-refractivity contribution < 1.29 is 9.21 Å². The molecule has 1 aromatic heterocycles. The first-order chi connectivity index (χ1) is 13.8. The third-order valence-corrected chi connectivity index (χ3v) is 6.18. The number of fused-ring (bicyclic) bond motifs is 1. The third-order valence-electron chi connectivity index (χ3n) is 6.18. The molecule has 1 fully saturated rings. The molecule has 0 atom stereocenters. The Labute approximate surface area is 168 Å². The predicted molar refractivity (Wildman–Crippen MR) is 113 cm³/mol. The highest BCUT2D eigenvalue weighted by Gasteiger charge is 2.22. The van der Waals surface area contributed by atoms with Gasteiger partial charge in [0.15, 0.2) is 0 Å². The van der Waals surface area contributed by atoms with Crippen molar-refractivity contribution in [2.45, 2.75) is 63.8 Å². The van der Waals surface area contributed by atoms with Gasteiger partial charge in [-0.2, -0.15) is 0 Å². The van der Waals surface area contributed by atoms with Gasteiger partial charge in [-0.3, -0.25) is 9.69 Å². The molecule has 150 valence electrons. The Kier molecular flexibility index (Phi) is 6.48. The molecule has 0 bridgehead atoms. The summed E-state index contributed by atoms with van der Waals surface area (Å²) in [7, 11) is 0. The lowest BCUT2D eigenvalue weighted by molar-refractivity contribution is -0.121. The first kappa shape index (κ1) is 19.3. The van der Waals surface area contributed by atoms with Crippen molar-refractivity contribution in [3.05, 3.63) is 47.7 Å². The summed E-state index contributed by atoms with van der Waals surface area (Å²) in [5, 5.41) is 4.28. The number of carbonyl (C=O) groups excluding carboxylic acids is 1. The van der Waals surface area contributed by atoms with Gasteiger partial charge in [0.2, 0.25) is 5.91 Å². The van der Waals surface area contributed by atoms with Crippen molar-refractivity contribution in [3.63, 3.8) is 0 Å². The lowest BCUT2D eigenvalue weighted by Crippen LogP contribution is -2.45. The number of nitrogens with one attached hydrogen (secondary N) is 1. The minimum Gasteiger partial charge on any atom is -0.464 e. The molecule has 0 spiro atoms. The van der Waals surface area contributed by atoms with Crippen LogP contribution in [0.4, 0.5) is 0 Å². The number of furan rings is 1. The van der Waals surface area contributed by atoms with Crippen molar-refractivity contribution in [1.29, 1.82) is 0 Å². The maximum absolute atomic E-state index is 12.5. The molecule has 28 heavy (non-hydrogen) atoms. The van der Waals surface area contributed by atoms with Gasteiger partial charge in [-0.15, -0.1) is 0 Å². The van der Waals surface area contributed by atoms with Gasteiger partial charge in [-0.05, 0) is 44.6 Å². The SMILES string of the molecule is O=C(Cc1coc2ccccc12)NC1CCN(C/C2=C/CCCCCC2)CC1. The fraction of sp³-hybridized carbons (Fsp3) is 0.542. The van der Waals surface area contributed by atoms with Gasteiger partial charge in [0.25, 0.3) is 0 Å². The Bertz CT molecular complexity index is 815. The molecule has 1 aromatic carbocycles. The summed E-state index contributed by atoms with van der Waals surface area (Å²) in [4.78, 5) is 15.1. The van der Waals surface area contributed by atoms with Crippen molar-refractivity contribution >= 4 is 16.9 Å². The molecule has 1 amide bonds. The van der Waals surface area contributed by atoms with E-state index in [1.165, 1.54) is 38.5 Å². The van der Waals surface area contributed by atoms with Crippen molar-refractivity contribution in [2.24, 2.45) is 0 Å². The summed E-state index contributed by atoms with van der Waals surface area (Å²) in [6, 6.07) is 8.20. The summed E-state index contributed by atoms with van der Waals surface area (Å²) < 4.78 is 5.55. The minimum absolute atomic E-state index is 0.104. The van der Waals surface area contributed by atoms with Gasteiger partial charge in [-0.1, -0.05) is 42.7 Å². The number of piperidine rings is 1. The van der Waals surface area contributed by atoms with E-state index in [9.17, 15) is 4.79 Å². The molecule has 2 aliphatic rings. The highest BCUT2D eigenvalue weighted by atomic mass is 16.3. The highest BCUT2D eigenvalue weighted by Crippen LogP contribution is 2.22. The average Bonchev–Trinajstić information content (AvgIpc) is 3.08. The second-order valence-corrected chi connectivity index (χ2v) is 8.37. The lowest BCUT2D eigenvalue weighted by atomic mass is 9.98. The number of likely N-dealkylation sites (tertiary alicyclic amines) is 1. The van der Waals surface area contributed by atoms with Crippen LogP contribution in [0.5, 0.6) is 0 Å². The quantitative estimate of drug-likeness (QED) is 0.755. The topological polar surface area (TPSA) is 45.5 Å². The van der Waals surface area contributed by atoms with Crippen molar-refractivity contribution in [1.82, 2.24) is 10.2 Å². The molecule has 1 saturated heterocycles. The molecule has 0 unspecified atom stereocenters. The number of allylic oxidation sites excluding steroid dienone is 1. The molecule has 4 rings (SSSR count). The average molecular weight is 381 g/mol. The number of nitrogens with zero attached hydrogens (tertiary/aromatic N) is 1. The maximum Gasteiger partial charge on any atom is 0.224 e. The minimum atomic E-state index is 0.104. The van der Waals surface area contributed by atoms with Crippen LogP contribution in [0.2, 0.25) is 0 Å². The van der Waals surface area contributed by atoms with E-state index in [4.69, 9.17) is 4.42 Å². The van der Waals surface area contributed by atoms with E-state index < -0.39 is 0 Å². The molecular weight excluding hydrogens is 348 g/mol. The Morgan fingerprint density at radius 2 is 1.93 bits per heavy atom. The van der Waals surface area contributed by atoms with Gasteiger partial charge in [0.1, 0.15) is 5.58 Å².